The summed E-state index contributed by atoms with van der Waals surface area (Å²) < 4.78 is 37.8. The largest absolute Gasteiger partial charge is 0.418 e. The molecule has 0 amide bonds. The Kier molecular flexibility index (Phi) is 2.58. The number of nitrogens with one attached hydrogen (secondary N) is 1. The molecule has 3 N–H and O–H groups in total. The molecule has 88 valence electrons. The number of rotatable bonds is 3. The first-order valence-corrected chi connectivity index (χ1v) is 5.10. The second kappa shape index (κ2) is 3.66. The molecule has 0 spiro atoms. The number of hydrogen-bond donors (Lipinski definition) is 2. The summed E-state index contributed by atoms with van der Waals surface area (Å²) >= 11 is 0. The number of hydrogen-bond acceptors (Lipinski definition) is 2. The van der Waals surface area contributed by atoms with Crippen molar-refractivity contribution >= 4 is 5.69 Å². The fourth-order valence-electron chi connectivity index (χ4n) is 1.49. The Hall–Kier alpha value is -1.23. The second-order valence-corrected chi connectivity index (χ2v) is 4.26. The van der Waals surface area contributed by atoms with Crippen LogP contribution in [0.4, 0.5) is 18.9 Å². The van der Waals surface area contributed by atoms with Crippen LogP contribution in [0.1, 0.15) is 18.4 Å². The van der Waals surface area contributed by atoms with E-state index in [0.717, 1.165) is 18.9 Å². The fourth-order valence-corrected chi connectivity index (χ4v) is 1.49. The van der Waals surface area contributed by atoms with Crippen LogP contribution in [-0.2, 0) is 6.18 Å². The number of alkyl halides is 3. The van der Waals surface area contributed by atoms with Crippen molar-refractivity contribution in [3.8, 4) is 0 Å². The first-order valence-electron chi connectivity index (χ1n) is 5.10. The summed E-state index contributed by atoms with van der Waals surface area (Å²) in [4.78, 5) is 0. The average Bonchev–Trinajstić information content (AvgIpc) is 2.94. The SMILES string of the molecule is NC1(CNc2ccccc2C(F)(F)F)CC1. The van der Waals surface area contributed by atoms with Crippen LogP contribution in [0.2, 0.25) is 0 Å². The third-order valence-electron chi connectivity index (χ3n) is 2.76. The quantitative estimate of drug-likeness (QED) is 0.837. The van der Waals surface area contributed by atoms with Gasteiger partial charge in [-0.25, -0.2) is 0 Å². The van der Waals surface area contributed by atoms with Gasteiger partial charge >= 0.3 is 6.18 Å². The molecule has 1 aliphatic carbocycles. The van der Waals surface area contributed by atoms with E-state index in [1.807, 2.05) is 0 Å². The predicted octanol–water partition coefficient (Wildman–Crippen LogP) is 2.61. The summed E-state index contributed by atoms with van der Waals surface area (Å²) in [5.41, 5.74) is 4.97. The lowest BCUT2D eigenvalue weighted by Gasteiger charge is -2.16. The highest BCUT2D eigenvalue weighted by atomic mass is 19.4. The Balaban J connectivity index is 2.13. The van der Waals surface area contributed by atoms with Gasteiger partial charge in [0.05, 0.1) is 5.56 Å². The van der Waals surface area contributed by atoms with Gasteiger partial charge in [0.25, 0.3) is 0 Å². The molecule has 1 aromatic carbocycles. The number of halogens is 3. The molecule has 1 fully saturated rings. The molecular weight excluding hydrogens is 217 g/mol. The second-order valence-electron chi connectivity index (χ2n) is 4.26. The molecule has 16 heavy (non-hydrogen) atoms. The van der Waals surface area contributed by atoms with Crippen molar-refractivity contribution < 1.29 is 13.2 Å². The highest BCUT2D eigenvalue weighted by Crippen LogP contribution is 2.36. The van der Waals surface area contributed by atoms with Crippen LogP contribution in [-0.4, -0.2) is 12.1 Å². The maximum Gasteiger partial charge on any atom is 0.418 e. The molecule has 0 unspecified atom stereocenters. The molecule has 2 nitrogen and oxygen atoms in total. The molecule has 2 rings (SSSR count). The van der Waals surface area contributed by atoms with Gasteiger partial charge in [-0.15, -0.1) is 0 Å². The van der Waals surface area contributed by atoms with Gasteiger partial charge < -0.3 is 11.1 Å². The van der Waals surface area contributed by atoms with Crippen molar-refractivity contribution in [2.75, 3.05) is 11.9 Å². The van der Waals surface area contributed by atoms with Gasteiger partial charge in [0.1, 0.15) is 0 Å². The van der Waals surface area contributed by atoms with Gasteiger partial charge in [-0.3, -0.25) is 0 Å². The highest BCUT2D eigenvalue weighted by molar-refractivity contribution is 5.53. The Morgan fingerprint density at radius 1 is 1.25 bits per heavy atom. The van der Waals surface area contributed by atoms with Crippen LogP contribution >= 0.6 is 0 Å². The third kappa shape index (κ3) is 2.47. The van der Waals surface area contributed by atoms with Gasteiger partial charge in [0, 0.05) is 17.8 Å². The summed E-state index contributed by atoms with van der Waals surface area (Å²) in [5.74, 6) is 0. The first-order chi connectivity index (χ1) is 7.41. The summed E-state index contributed by atoms with van der Waals surface area (Å²) in [6.45, 7) is 0.389. The smallest absolute Gasteiger partial charge is 0.383 e. The minimum absolute atomic E-state index is 0.103. The number of benzene rings is 1. The van der Waals surface area contributed by atoms with Crippen molar-refractivity contribution in [2.24, 2.45) is 5.73 Å². The molecule has 0 aliphatic heterocycles. The number of para-hydroxylation sites is 1. The lowest BCUT2D eigenvalue weighted by Crippen LogP contribution is -2.31. The van der Waals surface area contributed by atoms with Gasteiger partial charge in [0.15, 0.2) is 0 Å². The molecule has 0 heterocycles. The molecular formula is C11H13F3N2. The molecule has 0 atom stereocenters. The lowest BCUT2D eigenvalue weighted by atomic mass is 10.1. The van der Waals surface area contributed by atoms with E-state index >= 15 is 0 Å². The third-order valence-corrected chi connectivity index (χ3v) is 2.76. The molecule has 0 bridgehead atoms. The van der Waals surface area contributed by atoms with E-state index in [9.17, 15) is 13.2 Å². The van der Waals surface area contributed by atoms with Crippen LogP contribution < -0.4 is 11.1 Å². The zero-order chi connectivity index (χ0) is 11.8. The molecule has 1 saturated carbocycles. The highest BCUT2D eigenvalue weighted by Gasteiger charge is 2.39. The lowest BCUT2D eigenvalue weighted by molar-refractivity contribution is -0.136. The van der Waals surface area contributed by atoms with Crippen molar-refractivity contribution in [1.29, 1.82) is 0 Å². The van der Waals surface area contributed by atoms with E-state index in [0.29, 0.717) is 6.54 Å². The van der Waals surface area contributed by atoms with E-state index < -0.39 is 11.7 Å². The molecule has 0 aromatic heterocycles. The average molecular weight is 230 g/mol. The maximum atomic E-state index is 12.6. The fraction of sp³-hybridized carbons (Fsp3) is 0.455. The van der Waals surface area contributed by atoms with E-state index in [1.165, 1.54) is 12.1 Å². The molecule has 1 aliphatic rings. The summed E-state index contributed by atoms with van der Waals surface area (Å²) in [5, 5.41) is 2.78. The molecule has 0 saturated heterocycles. The first kappa shape index (κ1) is 11.3. The van der Waals surface area contributed by atoms with E-state index in [-0.39, 0.29) is 11.2 Å². The topological polar surface area (TPSA) is 38.0 Å². The van der Waals surface area contributed by atoms with Gasteiger partial charge in [0.2, 0.25) is 0 Å². The molecule has 0 radical (unpaired) electrons. The van der Waals surface area contributed by atoms with Crippen molar-refractivity contribution in [1.82, 2.24) is 0 Å². The van der Waals surface area contributed by atoms with Crippen LogP contribution in [0.5, 0.6) is 0 Å². The summed E-state index contributed by atoms with van der Waals surface area (Å²) in [6.07, 6.45) is -2.59. The van der Waals surface area contributed by atoms with Crippen molar-refractivity contribution in [3.05, 3.63) is 29.8 Å². The zero-order valence-corrected chi connectivity index (χ0v) is 8.64. The summed E-state index contributed by atoms with van der Waals surface area (Å²) in [6, 6.07) is 5.45. The van der Waals surface area contributed by atoms with E-state index in [2.05, 4.69) is 5.32 Å². The normalized spacial score (nSPS) is 18.2. The minimum atomic E-state index is -4.32. The molecule has 1 aromatic rings. The Morgan fingerprint density at radius 2 is 1.88 bits per heavy atom. The van der Waals surface area contributed by atoms with Crippen LogP contribution in [0.15, 0.2) is 24.3 Å². The summed E-state index contributed by atoms with van der Waals surface area (Å²) in [7, 11) is 0. The zero-order valence-electron chi connectivity index (χ0n) is 8.64. The van der Waals surface area contributed by atoms with E-state index in [1.54, 1.807) is 6.07 Å². The maximum absolute atomic E-state index is 12.6. The van der Waals surface area contributed by atoms with Crippen molar-refractivity contribution in [2.45, 2.75) is 24.6 Å². The van der Waals surface area contributed by atoms with Crippen LogP contribution in [0.25, 0.3) is 0 Å². The van der Waals surface area contributed by atoms with Gasteiger partial charge in [-0.2, -0.15) is 13.2 Å². The number of anilines is 1. The number of nitrogens with two attached hydrogens (primary N) is 1. The molecule has 5 heteroatoms. The van der Waals surface area contributed by atoms with Gasteiger partial charge in [-0.05, 0) is 25.0 Å². The Labute approximate surface area is 91.6 Å². The standard InChI is InChI=1S/C11H13F3N2/c12-11(13,14)8-3-1-2-4-9(8)16-7-10(15)5-6-10/h1-4,16H,5-7,15H2. The minimum Gasteiger partial charge on any atom is -0.383 e. The monoisotopic (exact) mass is 230 g/mol. The van der Waals surface area contributed by atoms with Crippen LogP contribution in [0, 0.1) is 0 Å². The predicted molar refractivity (Wildman–Crippen MR) is 56.1 cm³/mol. The Bertz CT molecular complexity index is 383. The van der Waals surface area contributed by atoms with Gasteiger partial charge in [-0.1, -0.05) is 12.1 Å². The Morgan fingerprint density at radius 3 is 2.44 bits per heavy atom. The van der Waals surface area contributed by atoms with Crippen molar-refractivity contribution in [3.63, 3.8) is 0 Å². The van der Waals surface area contributed by atoms with E-state index in [4.69, 9.17) is 5.73 Å². The van der Waals surface area contributed by atoms with Crippen LogP contribution in [0.3, 0.4) is 0 Å².